The summed E-state index contributed by atoms with van der Waals surface area (Å²) >= 11 is 0. The van der Waals surface area contributed by atoms with Crippen molar-refractivity contribution in [3.63, 3.8) is 0 Å². The maximum absolute atomic E-state index is 12.4. The summed E-state index contributed by atoms with van der Waals surface area (Å²) < 4.78 is 33.3. The van der Waals surface area contributed by atoms with Crippen LogP contribution in [0.3, 0.4) is 0 Å². The molecule has 5 heteroatoms. The molecule has 0 aromatic heterocycles. The Labute approximate surface area is 143 Å². The lowest BCUT2D eigenvalue weighted by atomic mass is 10.0. The van der Waals surface area contributed by atoms with Crippen LogP contribution in [0.5, 0.6) is 0 Å². The Morgan fingerprint density at radius 2 is 1.75 bits per heavy atom. The van der Waals surface area contributed by atoms with Gasteiger partial charge in [0, 0.05) is 26.5 Å². The van der Waals surface area contributed by atoms with Crippen molar-refractivity contribution in [2.24, 2.45) is 0 Å². The van der Waals surface area contributed by atoms with E-state index in [9.17, 15) is 8.42 Å². The molecular formula is C19H23NO3S. The van der Waals surface area contributed by atoms with E-state index in [1.807, 2.05) is 43.3 Å². The van der Waals surface area contributed by atoms with Gasteiger partial charge in [-0.05, 0) is 23.6 Å². The fraction of sp³-hybridized carbons (Fsp3) is 0.368. The molecule has 1 aliphatic carbocycles. The lowest BCUT2D eigenvalue weighted by Crippen LogP contribution is -2.45. The zero-order chi connectivity index (χ0) is 17.2. The molecule has 0 heterocycles. The average Bonchev–Trinajstić information content (AvgIpc) is 2.92. The zero-order valence-electron chi connectivity index (χ0n) is 14.1. The zero-order valence-corrected chi connectivity index (χ0v) is 14.9. The molecule has 0 saturated heterocycles. The van der Waals surface area contributed by atoms with Crippen molar-refractivity contribution < 1.29 is 13.2 Å². The first kappa shape index (κ1) is 17.1. The van der Waals surface area contributed by atoms with Crippen LogP contribution in [0, 0.1) is 6.92 Å². The van der Waals surface area contributed by atoms with Gasteiger partial charge in [0.2, 0.25) is 10.0 Å². The minimum absolute atomic E-state index is 0.0125. The van der Waals surface area contributed by atoms with Crippen LogP contribution in [-0.4, -0.2) is 27.7 Å². The predicted molar refractivity (Wildman–Crippen MR) is 95.4 cm³/mol. The van der Waals surface area contributed by atoms with Gasteiger partial charge in [0.1, 0.15) is 0 Å². The topological polar surface area (TPSA) is 55.4 Å². The minimum atomic E-state index is -3.40. The Hall–Kier alpha value is -1.69. The Morgan fingerprint density at radius 1 is 1.08 bits per heavy atom. The van der Waals surface area contributed by atoms with Crippen LogP contribution in [0.1, 0.15) is 22.3 Å². The van der Waals surface area contributed by atoms with Crippen molar-refractivity contribution in [1.82, 2.24) is 4.72 Å². The number of nitrogens with one attached hydrogen (secondary N) is 1. The number of hydrogen-bond donors (Lipinski definition) is 1. The number of rotatable bonds is 6. The fourth-order valence-electron chi connectivity index (χ4n) is 3.31. The second kappa shape index (κ2) is 6.67. The van der Waals surface area contributed by atoms with Gasteiger partial charge in [-0.2, -0.15) is 0 Å². The Morgan fingerprint density at radius 3 is 2.33 bits per heavy atom. The highest BCUT2D eigenvalue weighted by atomic mass is 32.2. The van der Waals surface area contributed by atoms with Crippen LogP contribution in [0.4, 0.5) is 0 Å². The molecule has 1 aliphatic rings. The van der Waals surface area contributed by atoms with Crippen LogP contribution >= 0.6 is 0 Å². The third kappa shape index (κ3) is 3.86. The molecule has 0 aliphatic heterocycles. The first-order valence-electron chi connectivity index (χ1n) is 8.06. The maximum Gasteiger partial charge on any atom is 0.215 e. The van der Waals surface area contributed by atoms with Gasteiger partial charge < -0.3 is 4.74 Å². The van der Waals surface area contributed by atoms with Crippen LogP contribution in [0.25, 0.3) is 0 Å². The highest BCUT2D eigenvalue weighted by Gasteiger charge is 2.38. The lowest BCUT2D eigenvalue weighted by molar-refractivity contribution is 0.00377. The van der Waals surface area contributed by atoms with Crippen LogP contribution in [0.15, 0.2) is 48.5 Å². The van der Waals surface area contributed by atoms with Gasteiger partial charge in [-0.1, -0.05) is 54.1 Å². The van der Waals surface area contributed by atoms with Crippen molar-refractivity contribution in [3.05, 3.63) is 70.8 Å². The average molecular weight is 345 g/mol. The highest BCUT2D eigenvalue weighted by molar-refractivity contribution is 7.88. The summed E-state index contributed by atoms with van der Waals surface area (Å²) in [6, 6.07) is 15.7. The summed E-state index contributed by atoms with van der Waals surface area (Å²) in [6.07, 6.45) is 1.46. The minimum Gasteiger partial charge on any atom is -0.376 e. The van der Waals surface area contributed by atoms with E-state index in [2.05, 4.69) is 16.9 Å². The molecule has 2 aromatic carbocycles. The summed E-state index contributed by atoms with van der Waals surface area (Å²) in [5, 5.41) is 0. The van der Waals surface area contributed by atoms with Crippen molar-refractivity contribution in [2.75, 3.05) is 13.7 Å². The molecule has 0 unspecified atom stereocenters. The van der Waals surface area contributed by atoms with Crippen LogP contribution in [-0.2, 0) is 33.4 Å². The first-order chi connectivity index (χ1) is 11.4. The Balaban J connectivity index is 1.68. The van der Waals surface area contributed by atoms with Crippen LogP contribution in [0.2, 0.25) is 0 Å². The summed E-state index contributed by atoms with van der Waals surface area (Å²) in [4.78, 5) is 0. The van der Waals surface area contributed by atoms with Crippen molar-refractivity contribution in [2.45, 2.75) is 31.1 Å². The molecule has 0 atom stereocenters. The molecule has 24 heavy (non-hydrogen) atoms. The molecule has 0 bridgehead atoms. The normalized spacial score (nSPS) is 16.1. The molecule has 0 saturated carbocycles. The fourth-order valence-corrected chi connectivity index (χ4v) is 4.52. The SMILES string of the molecule is COC1(CNS(=O)(=O)Cc2cccc(C)c2)Cc2ccccc2C1. The molecule has 0 spiro atoms. The molecule has 0 radical (unpaired) electrons. The number of methoxy groups -OCH3 is 1. The molecule has 1 N–H and O–H groups in total. The Bertz CT molecular complexity index is 805. The van der Waals surface area contributed by atoms with Gasteiger partial charge in [-0.15, -0.1) is 0 Å². The van der Waals surface area contributed by atoms with Gasteiger partial charge in [0.15, 0.2) is 0 Å². The summed E-state index contributed by atoms with van der Waals surface area (Å²) in [6.45, 7) is 2.24. The molecule has 2 aromatic rings. The number of fused-ring (bicyclic) bond motifs is 1. The standard InChI is InChI=1S/C19H23NO3S/c1-15-6-5-7-16(10-15)13-24(21,22)20-14-19(23-2)11-17-8-3-4-9-18(17)12-19/h3-10,20H,11-14H2,1-2H3. The lowest BCUT2D eigenvalue weighted by Gasteiger charge is -2.27. The van der Waals surface area contributed by atoms with E-state index in [4.69, 9.17) is 4.74 Å². The van der Waals surface area contributed by atoms with Crippen molar-refractivity contribution >= 4 is 10.0 Å². The second-order valence-electron chi connectivity index (χ2n) is 6.58. The Kier molecular flexibility index (Phi) is 4.76. The molecule has 0 fully saturated rings. The van der Waals surface area contributed by atoms with Gasteiger partial charge in [0.05, 0.1) is 11.4 Å². The number of sulfonamides is 1. The predicted octanol–water partition coefficient (Wildman–Crippen LogP) is 2.60. The second-order valence-corrected chi connectivity index (χ2v) is 8.39. The first-order valence-corrected chi connectivity index (χ1v) is 9.71. The van der Waals surface area contributed by atoms with Crippen LogP contribution < -0.4 is 4.72 Å². The summed E-state index contributed by atoms with van der Waals surface area (Å²) in [5.74, 6) is -0.0125. The van der Waals surface area contributed by atoms with Gasteiger partial charge in [-0.3, -0.25) is 0 Å². The third-order valence-electron chi connectivity index (χ3n) is 4.63. The van der Waals surface area contributed by atoms with E-state index >= 15 is 0 Å². The van der Waals surface area contributed by atoms with E-state index in [-0.39, 0.29) is 12.3 Å². The third-order valence-corrected chi connectivity index (χ3v) is 5.93. The number of aryl methyl sites for hydroxylation is 1. The molecule has 4 nitrogen and oxygen atoms in total. The number of ether oxygens (including phenoxy) is 1. The van der Waals surface area contributed by atoms with Gasteiger partial charge >= 0.3 is 0 Å². The van der Waals surface area contributed by atoms with Gasteiger partial charge in [0.25, 0.3) is 0 Å². The monoisotopic (exact) mass is 345 g/mol. The highest BCUT2D eigenvalue weighted by Crippen LogP contribution is 2.32. The molecule has 128 valence electrons. The summed E-state index contributed by atoms with van der Waals surface area (Å²) in [7, 11) is -1.75. The number of hydrogen-bond acceptors (Lipinski definition) is 3. The largest absolute Gasteiger partial charge is 0.376 e. The molecular weight excluding hydrogens is 322 g/mol. The van der Waals surface area contributed by atoms with E-state index in [1.165, 1.54) is 11.1 Å². The van der Waals surface area contributed by atoms with E-state index < -0.39 is 15.6 Å². The van der Waals surface area contributed by atoms with Gasteiger partial charge in [-0.25, -0.2) is 13.1 Å². The number of benzene rings is 2. The smallest absolute Gasteiger partial charge is 0.215 e. The molecule has 0 amide bonds. The summed E-state index contributed by atoms with van der Waals surface area (Å²) in [5.41, 5.74) is 3.82. The maximum atomic E-state index is 12.4. The quantitative estimate of drug-likeness (QED) is 0.875. The van der Waals surface area contributed by atoms with E-state index in [0.29, 0.717) is 0 Å². The van der Waals surface area contributed by atoms with E-state index in [1.54, 1.807) is 7.11 Å². The van der Waals surface area contributed by atoms with Crippen molar-refractivity contribution in [1.29, 1.82) is 0 Å². The van der Waals surface area contributed by atoms with E-state index in [0.717, 1.165) is 24.0 Å². The molecule has 3 rings (SSSR count). The van der Waals surface area contributed by atoms with Crippen molar-refractivity contribution in [3.8, 4) is 0 Å².